The molecule has 0 unspecified atom stereocenters. The lowest BCUT2D eigenvalue weighted by atomic mass is 10.0. The molecule has 1 heterocycles. The molecule has 4 nitrogen and oxygen atoms in total. The maximum atomic E-state index is 12.2. The number of carbonyl (C=O) groups is 1. The van der Waals surface area contributed by atoms with Crippen molar-refractivity contribution in [2.75, 3.05) is 5.32 Å². The van der Waals surface area contributed by atoms with Crippen molar-refractivity contribution in [1.82, 2.24) is 5.32 Å². The molecule has 142 valence electrons. The topological polar surface area (TPSA) is 54.3 Å². The van der Waals surface area contributed by atoms with Gasteiger partial charge in [0.1, 0.15) is 11.2 Å². The molecule has 0 saturated heterocycles. The molecule has 0 aliphatic carbocycles. The first-order valence-corrected chi connectivity index (χ1v) is 9.68. The second-order valence-corrected chi connectivity index (χ2v) is 7.58. The largest absolute Gasteiger partial charge is 0.456 e. The Balaban J connectivity index is 1.44. The zero-order chi connectivity index (χ0) is 19.7. The highest BCUT2D eigenvalue weighted by atomic mass is 35.5. The van der Waals surface area contributed by atoms with Gasteiger partial charge in [-0.1, -0.05) is 47.5 Å². The fourth-order valence-electron chi connectivity index (χ4n) is 3.27. The molecular weight excluding hydrogens is 395 g/mol. The van der Waals surface area contributed by atoms with Crippen LogP contribution >= 0.6 is 23.2 Å². The molecule has 0 spiro atoms. The standard InChI is InChI=1S/C22H18Cl2N2O2/c1-13(25-22(27)26-15-7-8-18(23)19(24)12-15)10-14-6-9-21-17(11-14)16-4-2-3-5-20(16)28-21/h2-9,11-13H,10H2,1H3,(H2,25,26,27)/t13-/m1/s1. The van der Waals surface area contributed by atoms with Crippen molar-refractivity contribution in [1.29, 1.82) is 0 Å². The number of benzene rings is 3. The number of urea groups is 1. The summed E-state index contributed by atoms with van der Waals surface area (Å²) in [4.78, 5) is 12.2. The molecule has 2 N–H and O–H groups in total. The van der Waals surface area contributed by atoms with Crippen LogP contribution in [-0.4, -0.2) is 12.1 Å². The first-order chi connectivity index (χ1) is 13.5. The molecule has 2 amide bonds. The molecule has 3 aromatic carbocycles. The summed E-state index contributed by atoms with van der Waals surface area (Å²) in [6, 6.07) is 18.7. The number of amides is 2. The summed E-state index contributed by atoms with van der Waals surface area (Å²) >= 11 is 11.9. The normalized spacial score (nSPS) is 12.2. The van der Waals surface area contributed by atoms with Crippen LogP contribution in [0, 0.1) is 0 Å². The second-order valence-electron chi connectivity index (χ2n) is 6.76. The summed E-state index contributed by atoms with van der Waals surface area (Å²) in [5.74, 6) is 0. The fraction of sp³-hybridized carbons (Fsp3) is 0.136. The van der Waals surface area contributed by atoms with Crippen LogP contribution in [0.2, 0.25) is 10.0 Å². The van der Waals surface area contributed by atoms with E-state index in [4.69, 9.17) is 27.6 Å². The van der Waals surface area contributed by atoms with Crippen LogP contribution in [0.25, 0.3) is 21.9 Å². The molecule has 4 rings (SSSR count). The smallest absolute Gasteiger partial charge is 0.319 e. The highest BCUT2D eigenvalue weighted by molar-refractivity contribution is 6.42. The number of nitrogens with one attached hydrogen (secondary N) is 2. The van der Waals surface area contributed by atoms with Crippen molar-refractivity contribution in [3.8, 4) is 0 Å². The zero-order valence-electron chi connectivity index (χ0n) is 15.1. The van der Waals surface area contributed by atoms with Crippen molar-refractivity contribution in [3.63, 3.8) is 0 Å². The monoisotopic (exact) mass is 412 g/mol. The van der Waals surface area contributed by atoms with Gasteiger partial charge in [-0.2, -0.15) is 0 Å². The highest BCUT2D eigenvalue weighted by Crippen LogP contribution is 2.29. The van der Waals surface area contributed by atoms with Gasteiger partial charge in [0.15, 0.2) is 0 Å². The first-order valence-electron chi connectivity index (χ1n) is 8.92. The highest BCUT2D eigenvalue weighted by Gasteiger charge is 2.12. The van der Waals surface area contributed by atoms with Crippen LogP contribution in [0.4, 0.5) is 10.5 Å². The van der Waals surface area contributed by atoms with Crippen molar-refractivity contribution in [3.05, 3.63) is 76.3 Å². The molecule has 28 heavy (non-hydrogen) atoms. The summed E-state index contributed by atoms with van der Waals surface area (Å²) in [6.07, 6.45) is 0.699. The summed E-state index contributed by atoms with van der Waals surface area (Å²) in [7, 11) is 0. The average Bonchev–Trinajstić information content (AvgIpc) is 3.02. The van der Waals surface area contributed by atoms with Gasteiger partial charge in [-0.3, -0.25) is 0 Å². The number of fused-ring (bicyclic) bond motifs is 3. The Morgan fingerprint density at radius 1 is 0.964 bits per heavy atom. The Bertz CT molecular complexity index is 1170. The molecule has 0 bridgehead atoms. The predicted molar refractivity (Wildman–Crippen MR) is 116 cm³/mol. The van der Waals surface area contributed by atoms with E-state index in [1.54, 1.807) is 18.2 Å². The minimum atomic E-state index is -0.291. The number of hydrogen-bond donors (Lipinski definition) is 2. The van der Waals surface area contributed by atoms with E-state index < -0.39 is 0 Å². The summed E-state index contributed by atoms with van der Waals surface area (Å²) in [5, 5.41) is 8.73. The third-order valence-corrected chi connectivity index (χ3v) is 5.28. The third kappa shape index (κ3) is 3.93. The molecule has 1 atom stereocenters. The van der Waals surface area contributed by atoms with Gasteiger partial charge >= 0.3 is 6.03 Å². The van der Waals surface area contributed by atoms with E-state index in [9.17, 15) is 4.79 Å². The van der Waals surface area contributed by atoms with Gasteiger partial charge in [0.05, 0.1) is 10.0 Å². The van der Waals surface area contributed by atoms with Gasteiger partial charge in [-0.25, -0.2) is 4.79 Å². The van der Waals surface area contributed by atoms with Gasteiger partial charge in [0.2, 0.25) is 0 Å². The van der Waals surface area contributed by atoms with E-state index in [2.05, 4.69) is 22.8 Å². The van der Waals surface area contributed by atoms with Gasteiger partial charge in [-0.15, -0.1) is 0 Å². The minimum Gasteiger partial charge on any atom is -0.456 e. The lowest BCUT2D eigenvalue weighted by molar-refractivity contribution is 0.249. The number of anilines is 1. The van der Waals surface area contributed by atoms with Crippen LogP contribution in [0.5, 0.6) is 0 Å². The van der Waals surface area contributed by atoms with Gasteiger partial charge in [-0.05, 0) is 55.3 Å². The van der Waals surface area contributed by atoms with Crippen molar-refractivity contribution < 1.29 is 9.21 Å². The van der Waals surface area contributed by atoms with Gasteiger partial charge in [0, 0.05) is 22.5 Å². The van der Waals surface area contributed by atoms with Crippen LogP contribution in [-0.2, 0) is 6.42 Å². The Labute approximate surface area is 172 Å². The Kier molecular flexibility index (Phi) is 5.16. The van der Waals surface area contributed by atoms with Crippen molar-refractivity contribution in [2.45, 2.75) is 19.4 Å². The van der Waals surface area contributed by atoms with Crippen LogP contribution in [0.1, 0.15) is 12.5 Å². The molecule has 4 aromatic rings. The summed E-state index contributed by atoms with van der Waals surface area (Å²) in [5.41, 5.74) is 3.46. The van der Waals surface area contributed by atoms with Gasteiger partial charge < -0.3 is 15.1 Å². The molecular formula is C22H18Cl2N2O2. The Hall–Kier alpha value is -2.69. The van der Waals surface area contributed by atoms with Gasteiger partial charge in [0.25, 0.3) is 0 Å². The van der Waals surface area contributed by atoms with Crippen LogP contribution < -0.4 is 10.6 Å². The van der Waals surface area contributed by atoms with E-state index >= 15 is 0 Å². The second kappa shape index (κ2) is 7.74. The Morgan fingerprint density at radius 2 is 1.75 bits per heavy atom. The quantitative estimate of drug-likeness (QED) is 0.394. The van der Waals surface area contributed by atoms with E-state index in [0.29, 0.717) is 22.2 Å². The summed E-state index contributed by atoms with van der Waals surface area (Å²) < 4.78 is 5.86. The third-order valence-electron chi connectivity index (χ3n) is 4.54. The van der Waals surface area contributed by atoms with Crippen molar-refractivity contribution in [2.24, 2.45) is 0 Å². The predicted octanol–water partition coefficient (Wildman–Crippen LogP) is 6.65. The molecule has 0 fully saturated rings. The lowest BCUT2D eigenvalue weighted by Gasteiger charge is -2.15. The first kappa shape index (κ1) is 18.7. The number of halogens is 2. The SMILES string of the molecule is C[C@H](Cc1ccc2oc3ccccc3c2c1)NC(=O)Nc1ccc(Cl)c(Cl)c1. The zero-order valence-corrected chi connectivity index (χ0v) is 16.6. The molecule has 1 aromatic heterocycles. The van der Waals surface area contributed by atoms with E-state index in [1.807, 2.05) is 37.3 Å². The number of carbonyl (C=O) groups excluding carboxylic acids is 1. The molecule has 0 aliphatic heterocycles. The maximum Gasteiger partial charge on any atom is 0.319 e. The molecule has 0 saturated carbocycles. The molecule has 6 heteroatoms. The molecule has 0 radical (unpaired) electrons. The van der Waals surface area contributed by atoms with E-state index in [1.165, 1.54) is 0 Å². The van der Waals surface area contributed by atoms with E-state index in [0.717, 1.165) is 27.5 Å². The average molecular weight is 413 g/mol. The summed E-state index contributed by atoms with van der Waals surface area (Å²) in [6.45, 7) is 1.96. The lowest BCUT2D eigenvalue weighted by Crippen LogP contribution is -2.37. The minimum absolute atomic E-state index is 0.0570. The number of hydrogen-bond acceptors (Lipinski definition) is 2. The molecule has 0 aliphatic rings. The fourth-order valence-corrected chi connectivity index (χ4v) is 3.57. The Morgan fingerprint density at radius 3 is 2.57 bits per heavy atom. The number of para-hydroxylation sites is 1. The van der Waals surface area contributed by atoms with E-state index in [-0.39, 0.29) is 12.1 Å². The number of furan rings is 1. The van der Waals surface area contributed by atoms with Crippen LogP contribution in [0.15, 0.2) is 65.1 Å². The van der Waals surface area contributed by atoms with Crippen LogP contribution in [0.3, 0.4) is 0 Å². The maximum absolute atomic E-state index is 12.2. The number of rotatable bonds is 4. The van der Waals surface area contributed by atoms with Crippen molar-refractivity contribution >= 4 is 56.9 Å².